The Balaban J connectivity index is 1.65. The maximum atomic E-state index is 13.9. The fourth-order valence-corrected chi connectivity index (χ4v) is 3.59. The lowest BCUT2D eigenvalue weighted by molar-refractivity contribution is -0.114. The van der Waals surface area contributed by atoms with Gasteiger partial charge in [-0.15, -0.1) is 0 Å². The Labute approximate surface area is 195 Å². The first-order valence-corrected chi connectivity index (χ1v) is 10.1. The van der Waals surface area contributed by atoms with Gasteiger partial charge in [0.15, 0.2) is 0 Å². The molecule has 0 saturated heterocycles. The van der Waals surface area contributed by atoms with Crippen molar-refractivity contribution in [3.8, 4) is 11.5 Å². The van der Waals surface area contributed by atoms with Crippen LogP contribution in [-0.4, -0.2) is 19.1 Å². The summed E-state index contributed by atoms with van der Waals surface area (Å²) in [6.45, 7) is -6.03. The zero-order valence-corrected chi connectivity index (χ0v) is 17.6. The molecule has 11 heteroatoms. The normalized spacial score (nSPS) is 15.5. The van der Waals surface area contributed by atoms with Gasteiger partial charge in [0.25, 0.3) is 5.91 Å². The summed E-state index contributed by atoms with van der Waals surface area (Å²) in [5.74, 6) is -2.51. The number of amides is 1. The van der Waals surface area contributed by atoms with Gasteiger partial charge >= 0.3 is 13.2 Å². The van der Waals surface area contributed by atoms with Gasteiger partial charge in [0.05, 0.1) is 6.04 Å². The zero-order chi connectivity index (χ0) is 25.1. The van der Waals surface area contributed by atoms with E-state index in [4.69, 9.17) is 0 Å². The molecule has 1 aliphatic heterocycles. The van der Waals surface area contributed by atoms with Crippen LogP contribution in [0.25, 0.3) is 0 Å². The molecule has 1 heterocycles. The Bertz CT molecular complexity index is 1210. The van der Waals surface area contributed by atoms with Crippen molar-refractivity contribution in [3.05, 3.63) is 95.7 Å². The molecule has 35 heavy (non-hydrogen) atoms. The molecule has 0 bridgehead atoms. The Morgan fingerprint density at radius 3 is 1.80 bits per heavy atom. The van der Waals surface area contributed by atoms with Gasteiger partial charge < -0.3 is 14.8 Å². The molecule has 3 aromatic carbocycles. The highest BCUT2D eigenvalue weighted by Crippen LogP contribution is 2.37. The van der Waals surface area contributed by atoms with Crippen LogP contribution in [0.3, 0.4) is 0 Å². The number of benzene rings is 3. The van der Waals surface area contributed by atoms with E-state index in [1.165, 1.54) is 59.5 Å². The molecule has 0 aromatic heterocycles. The molecule has 0 fully saturated rings. The van der Waals surface area contributed by atoms with E-state index in [1.54, 1.807) is 0 Å². The van der Waals surface area contributed by atoms with E-state index < -0.39 is 36.8 Å². The number of hydrogen-bond acceptors (Lipinski definition) is 4. The van der Waals surface area contributed by atoms with Gasteiger partial charge in [-0.2, -0.15) is 17.6 Å². The van der Waals surface area contributed by atoms with Crippen LogP contribution in [0.15, 0.2) is 78.5 Å². The van der Waals surface area contributed by atoms with Crippen LogP contribution in [0.1, 0.15) is 11.6 Å². The lowest BCUT2D eigenvalue weighted by Gasteiger charge is -2.25. The smallest absolute Gasteiger partial charge is 0.387 e. The average Bonchev–Trinajstić information content (AvgIpc) is 3.10. The summed E-state index contributed by atoms with van der Waals surface area (Å²) in [6, 6.07) is 12.4. The van der Waals surface area contributed by atoms with Crippen LogP contribution in [0.5, 0.6) is 11.5 Å². The summed E-state index contributed by atoms with van der Waals surface area (Å²) in [7, 11) is 0. The van der Waals surface area contributed by atoms with Gasteiger partial charge in [-0.1, -0.05) is 0 Å². The summed E-state index contributed by atoms with van der Waals surface area (Å²) >= 11 is 0. The van der Waals surface area contributed by atoms with Crippen LogP contribution in [-0.2, 0) is 4.79 Å². The zero-order valence-electron chi connectivity index (χ0n) is 17.6. The molecule has 0 radical (unpaired) electrons. The van der Waals surface area contributed by atoms with Gasteiger partial charge in [-0.05, 0) is 72.3 Å². The predicted octanol–water partition coefficient (Wildman–Crippen LogP) is 6.25. The SMILES string of the molecule is O=C1C(Nc2ccc(OC(F)F)cc2)=CC(c2cc(F)cc(F)c2)N1c1ccc(OC(F)F)cc1. The quantitative estimate of drug-likeness (QED) is 0.376. The van der Waals surface area contributed by atoms with E-state index in [0.29, 0.717) is 11.8 Å². The van der Waals surface area contributed by atoms with Gasteiger partial charge in [0.2, 0.25) is 0 Å². The van der Waals surface area contributed by atoms with Crippen molar-refractivity contribution < 1.29 is 40.6 Å². The van der Waals surface area contributed by atoms with Crippen molar-refractivity contribution in [2.24, 2.45) is 0 Å². The Morgan fingerprint density at radius 2 is 1.29 bits per heavy atom. The van der Waals surface area contributed by atoms with Crippen molar-refractivity contribution in [1.82, 2.24) is 0 Å². The van der Waals surface area contributed by atoms with E-state index in [0.717, 1.165) is 12.1 Å². The molecule has 4 rings (SSSR count). The first kappa shape index (κ1) is 24.0. The van der Waals surface area contributed by atoms with Gasteiger partial charge in [-0.25, -0.2) is 8.78 Å². The van der Waals surface area contributed by atoms with Crippen molar-refractivity contribution >= 4 is 17.3 Å². The molecule has 1 unspecified atom stereocenters. The topological polar surface area (TPSA) is 50.8 Å². The van der Waals surface area contributed by atoms with Gasteiger partial charge in [0.1, 0.15) is 28.8 Å². The highest BCUT2D eigenvalue weighted by atomic mass is 19.3. The second-order valence-electron chi connectivity index (χ2n) is 7.30. The minimum Gasteiger partial charge on any atom is -0.435 e. The molecule has 0 spiro atoms. The number of hydrogen-bond donors (Lipinski definition) is 1. The van der Waals surface area contributed by atoms with Crippen molar-refractivity contribution in [3.63, 3.8) is 0 Å². The number of halogens is 6. The molecule has 1 aliphatic rings. The van der Waals surface area contributed by atoms with E-state index in [-0.39, 0.29) is 28.4 Å². The second-order valence-corrected chi connectivity index (χ2v) is 7.30. The van der Waals surface area contributed by atoms with Gasteiger partial charge in [-0.3, -0.25) is 9.69 Å². The van der Waals surface area contributed by atoms with Crippen molar-refractivity contribution in [2.75, 3.05) is 10.2 Å². The Kier molecular flexibility index (Phi) is 6.85. The summed E-state index contributed by atoms with van der Waals surface area (Å²) < 4.78 is 86.1. The second kappa shape index (κ2) is 10.00. The molecular weight excluding hydrogens is 478 g/mol. The third kappa shape index (κ3) is 5.68. The van der Waals surface area contributed by atoms with Crippen molar-refractivity contribution in [2.45, 2.75) is 19.3 Å². The van der Waals surface area contributed by atoms with E-state index in [1.807, 2.05) is 0 Å². The molecule has 0 saturated carbocycles. The van der Waals surface area contributed by atoms with Crippen LogP contribution in [0.4, 0.5) is 37.7 Å². The van der Waals surface area contributed by atoms with E-state index in [9.17, 15) is 31.1 Å². The van der Waals surface area contributed by atoms with E-state index >= 15 is 0 Å². The molecule has 1 amide bonds. The average molecular weight is 494 g/mol. The molecule has 0 aliphatic carbocycles. The standard InChI is InChI=1S/C24H16F6N2O3/c25-14-9-13(10-15(26)11-14)21-12-20(31-16-1-5-18(6-2-16)34-23(27)28)22(33)32(21)17-3-7-19(8-4-17)35-24(29)30/h1-12,21,23-24,31H. The minimum absolute atomic E-state index is 0.0371. The number of nitrogens with zero attached hydrogens (tertiary/aromatic N) is 1. The number of carbonyl (C=O) groups is 1. The molecule has 1 N–H and O–H groups in total. The predicted molar refractivity (Wildman–Crippen MR) is 114 cm³/mol. The number of nitrogens with one attached hydrogen (secondary N) is 1. The fraction of sp³-hybridized carbons (Fsp3) is 0.125. The molecule has 3 aromatic rings. The third-order valence-corrected chi connectivity index (χ3v) is 4.98. The molecule has 1 atom stereocenters. The lowest BCUT2D eigenvalue weighted by atomic mass is 10.1. The maximum Gasteiger partial charge on any atom is 0.387 e. The highest BCUT2D eigenvalue weighted by Gasteiger charge is 2.35. The summed E-state index contributed by atoms with van der Waals surface area (Å²) in [5.41, 5.74) is 0.772. The monoisotopic (exact) mass is 494 g/mol. The summed E-state index contributed by atoms with van der Waals surface area (Å²) in [6.07, 6.45) is 1.43. The summed E-state index contributed by atoms with van der Waals surface area (Å²) in [4.78, 5) is 14.5. The number of alkyl halides is 4. The van der Waals surface area contributed by atoms with E-state index in [2.05, 4.69) is 14.8 Å². The van der Waals surface area contributed by atoms with Crippen LogP contribution < -0.4 is 19.7 Å². The first-order chi connectivity index (χ1) is 16.7. The Morgan fingerprint density at radius 1 is 0.771 bits per heavy atom. The number of rotatable bonds is 8. The first-order valence-electron chi connectivity index (χ1n) is 10.1. The molecular formula is C24H16F6N2O3. The third-order valence-electron chi connectivity index (χ3n) is 4.98. The maximum absolute atomic E-state index is 13.9. The largest absolute Gasteiger partial charge is 0.435 e. The van der Waals surface area contributed by atoms with Gasteiger partial charge in [0, 0.05) is 17.4 Å². The fourth-order valence-electron chi connectivity index (χ4n) is 3.59. The lowest BCUT2D eigenvalue weighted by Crippen LogP contribution is -2.30. The Hall–Kier alpha value is -4.15. The summed E-state index contributed by atoms with van der Waals surface area (Å²) in [5, 5.41) is 2.85. The number of ether oxygens (including phenoxy) is 2. The van der Waals surface area contributed by atoms with Crippen LogP contribution in [0.2, 0.25) is 0 Å². The van der Waals surface area contributed by atoms with Crippen molar-refractivity contribution in [1.29, 1.82) is 0 Å². The minimum atomic E-state index is -3.03. The molecule has 182 valence electrons. The van der Waals surface area contributed by atoms with Crippen LogP contribution >= 0.6 is 0 Å². The molecule has 5 nitrogen and oxygen atoms in total. The van der Waals surface area contributed by atoms with Crippen LogP contribution in [0, 0.1) is 11.6 Å². The number of anilines is 2. The number of carbonyl (C=O) groups excluding carboxylic acids is 1. The highest BCUT2D eigenvalue weighted by molar-refractivity contribution is 6.11.